The van der Waals surface area contributed by atoms with Crippen molar-refractivity contribution in [3.8, 4) is 0 Å². The van der Waals surface area contributed by atoms with E-state index in [1.165, 1.54) is 11.3 Å². The molecule has 6 heteroatoms. The topological polar surface area (TPSA) is 57.6 Å². The second kappa shape index (κ2) is 7.42. The Labute approximate surface area is 155 Å². The van der Waals surface area contributed by atoms with Gasteiger partial charge in [-0.3, -0.25) is 9.59 Å². The molecule has 0 spiro atoms. The summed E-state index contributed by atoms with van der Waals surface area (Å²) in [5.41, 5.74) is 0.563. The van der Waals surface area contributed by atoms with Gasteiger partial charge < -0.3 is 10.0 Å². The Morgan fingerprint density at radius 2 is 2.08 bits per heavy atom. The lowest BCUT2D eigenvalue weighted by molar-refractivity contribution is -0.139. The van der Waals surface area contributed by atoms with Gasteiger partial charge in [-0.15, -0.1) is 11.3 Å². The van der Waals surface area contributed by atoms with Crippen molar-refractivity contribution in [3.05, 3.63) is 62.8 Å². The van der Waals surface area contributed by atoms with Gasteiger partial charge in [0.2, 0.25) is 0 Å². The zero-order valence-electron chi connectivity index (χ0n) is 13.7. The predicted octanol–water partition coefficient (Wildman–Crippen LogP) is 4.62. The van der Waals surface area contributed by atoms with Crippen LogP contribution in [0.15, 0.2) is 47.4 Å². The van der Waals surface area contributed by atoms with E-state index in [1.807, 2.05) is 24.4 Å². The van der Waals surface area contributed by atoms with Gasteiger partial charge in [-0.1, -0.05) is 43.1 Å². The zero-order chi connectivity index (χ0) is 18.0. The van der Waals surface area contributed by atoms with Crippen molar-refractivity contribution >= 4 is 40.4 Å². The summed E-state index contributed by atoms with van der Waals surface area (Å²) < 4.78 is 0. The number of benzene rings is 1. The lowest BCUT2D eigenvalue weighted by atomic mass is 10.00. The zero-order valence-corrected chi connectivity index (χ0v) is 15.3. The molecule has 1 N–H and O–H groups in total. The van der Waals surface area contributed by atoms with E-state index in [0.29, 0.717) is 17.1 Å². The lowest BCUT2D eigenvalue weighted by Crippen LogP contribution is -2.30. The number of amides is 1. The van der Waals surface area contributed by atoms with Crippen LogP contribution in [0.25, 0.3) is 5.76 Å². The summed E-state index contributed by atoms with van der Waals surface area (Å²) in [4.78, 5) is 27.6. The van der Waals surface area contributed by atoms with Crippen LogP contribution in [0.3, 0.4) is 0 Å². The number of Topliss-reactive ketones (excluding diaryl/α,β-unsaturated/α-hetero) is 1. The Morgan fingerprint density at radius 1 is 1.28 bits per heavy atom. The van der Waals surface area contributed by atoms with E-state index in [-0.39, 0.29) is 11.3 Å². The highest BCUT2D eigenvalue weighted by Crippen LogP contribution is 2.41. The van der Waals surface area contributed by atoms with Gasteiger partial charge in [-0.25, -0.2) is 0 Å². The molecule has 130 valence electrons. The minimum atomic E-state index is -0.646. The third-order valence-electron chi connectivity index (χ3n) is 4.20. The van der Waals surface area contributed by atoms with Gasteiger partial charge in [-0.2, -0.15) is 0 Å². The van der Waals surface area contributed by atoms with Gasteiger partial charge in [0.15, 0.2) is 0 Å². The molecule has 4 nitrogen and oxygen atoms in total. The predicted molar refractivity (Wildman–Crippen MR) is 99.7 cm³/mol. The molecule has 25 heavy (non-hydrogen) atoms. The Kier molecular flexibility index (Phi) is 5.25. The second-order valence-corrected chi connectivity index (χ2v) is 7.29. The molecular formula is C19H18ClNO3S. The van der Waals surface area contributed by atoms with E-state index < -0.39 is 17.7 Å². The molecule has 1 amide bonds. The molecule has 1 aromatic heterocycles. The third kappa shape index (κ3) is 3.34. The molecule has 1 aliphatic rings. The summed E-state index contributed by atoms with van der Waals surface area (Å²) in [7, 11) is 0. The van der Waals surface area contributed by atoms with Gasteiger partial charge >= 0.3 is 0 Å². The number of aliphatic hydroxyl groups is 1. The molecule has 1 aliphatic heterocycles. The molecule has 0 aliphatic carbocycles. The number of rotatable bonds is 5. The molecule has 1 atom stereocenters. The molecule has 0 bridgehead atoms. The first-order valence-corrected chi connectivity index (χ1v) is 9.38. The van der Waals surface area contributed by atoms with Gasteiger partial charge in [0.05, 0.1) is 11.6 Å². The van der Waals surface area contributed by atoms with Gasteiger partial charge in [0.1, 0.15) is 5.76 Å². The summed E-state index contributed by atoms with van der Waals surface area (Å²) in [5.74, 6) is -1.39. The number of nitrogens with zero attached hydrogens (tertiary/aromatic N) is 1. The van der Waals surface area contributed by atoms with E-state index in [4.69, 9.17) is 11.6 Å². The first kappa shape index (κ1) is 17.7. The average Bonchev–Trinajstić information content (AvgIpc) is 3.21. The number of carbonyl (C=O) groups excluding carboxylic acids is 2. The molecule has 2 heterocycles. The number of likely N-dealkylation sites (tertiary alicyclic amines) is 1. The second-order valence-electron chi connectivity index (χ2n) is 5.87. The fraction of sp³-hybridized carbons (Fsp3) is 0.263. The molecule has 1 aromatic carbocycles. The monoisotopic (exact) mass is 375 g/mol. The number of ketones is 1. The van der Waals surface area contributed by atoms with Crippen LogP contribution >= 0.6 is 22.9 Å². The van der Waals surface area contributed by atoms with Crippen molar-refractivity contribution < 1.29 is 14.7 Å². The van der Waals surface area contributed by atoms with Gasteiger partial charge in [0, 0.05) is 22.0 Å². The maximum atomic E-state index is 12.6. The van der Waals surface area contributed by atoms with Crippen molar-refractivity contribution in [2.24, 2.45) is 0 Å². The number of aliphatic hydroxyl groups excluding tert-OH is 1. The van der Waals surface area contributed by atoms with Crippen LogP contribution in [0.5, 0.6) is 0 Å². The lowest BCUT2D eigenvalue weighted by Gasteiger charge is -2.23. The van der Waals surface area contributed by atoms with Gasteiger partial charge in [-0.05, 0) is 30.0 Å². The van der Waals surface area contributed by atoms with Crippen LogP contribution in [0.4, 0.5) is 0 Å². The average molecular weight is 376 g/mol. The van der Waals surface area contributed by atoms with Gasteiger partial charge in [0.25, 0.3) is 11.7 Å². The summed E-state index contributed by atoms with van der Waals surface area (Å²) in [6, 6.07) is 9.85. The highest BCUT2D eigenvalue weighted by molar-refractivity contribution is 7.10. The number of carbonyl (C=O) groups is 2. The van der Waals surface area contributed by atoms with Crippen molar-refractivity contribution in [2.45, 2.75) is 25.8 Å². The molecule has 1 saturated heterocycles. The van der Waals surface area contributed by atoms with Crippen LogP contribution in [0, 0.1) is 0 Å². The molecule has 1 fully saturated rings. The quantitative estimate of drug-likeness (QED) is 0.471. The number of unbranched alkanes of at least 4 members (excludes halogenated alkanes) is 1. The number of thiophene rings is 1. The fourth-order valence-electron chi connectivity index (χ4n) is 2.97. The van der Waals surface area contributed by atoms with Crippen LogP contribution in [0.2, 0.25) is 5.02 Å². The van der Waals surface area contributed by atoms with Crippen LogP contribution < -0.4 is 0 Å². The molecule has 3 rings (SSSR count). The Hall–Kier alpha value is -2.11. The first-order chi connectivity index (χ1) is 12.0. The van der Waals surface area contributed by atoms with E-state index in [2.05, 4.69) is 0 Å². The normalized spacial score (nSPS) is 19.6. The van der Waals surface area contributed by atoms with E-state index in [1.54, 1.807) is 29.2 Å². The summed E-state index contributed by atoms with van der Waals surface area (Å²) in [6.45, 7) is 2.51. The Balaban J connectivity index is 2.13. The van der Waals surface area contributed by atoms with Crippen LogP contribution in [0.1, 0.15) is 36.2 Å². The van der Waals surface area contributed by atoms with Crippen molar-refractivity contribution in [1.82, 2.24) is 4.90 Å². The van der Waals surface area contributed by atoms with E-state index in [0.717, 1.165) is 17.7 Å². The van der Waals surface area contributed by atoms with Crippen molar-refractivity contribution in [2.75, 3.05) is 6.54 Å². The SMILES string of the molecule is CCCCN1C(=O)C(=O)/C(=C(\O)c2cccc(Cl)c2)C1c1cccs1. The molecule has 0 saturated carbocycles. The minimum Gasteiger partial charge on any atom is -0.507 e. The smallest absolute Gasteiger partial charge is 0.295 e. The minimum absolute atomic E-state index is 0.130. The van der Waals surface area contributed by atoms with E-state index >= 15 is 0 Å². The molecular weight excluding hydrogens is 358 g/mol. The number of hydrogen-bond acceptors (Lipinski definition) is 4. The number of hydrogen-bond donors (Lipinski definition) is 1. The van der Waals surface area contributed by atoms with Crippen molar-refractivity contribution in [3.63, 3.8) is 0 Å². The molecule has 2 aromatic rings. The highest BCUT2D eigenvalue weighted by atomic mass is 35.5. The molecule has 1 unspecified atom stereocenters. The molecule has 0 radical (unpaired) electrons. The maximum absolute atomic E-state index is 12.6. The first-order valence-electron chi connectivity index (χ1n) is 8.12. The summed E-state index contributed by atoms with van der Waals surface area (Å²) >= 11 is 7.46. The highest BCUT2D eigenvalue weighted by Gasteiger charge is 2.46. The van der Waals surface area contributed by atoms with Crippen LogP contribution in [-0.2, 0) is 9.59 Å². The van der Waals surface area contributed by atoms with Crippen molar-refractivity contribution in [1.29, 1.82) is 0 Å². The third-order valence-corrected chi connectivity index (χ3v) is 5.36. The maximum Gasteiger partial charge on any atom is 0.295 e. The van der Waals surface area contributed by atoms with Crippen LogP contribution in [-0.4, -0.2) is 28.2 Å². The standard InChI is InChI=1S/C19H18ClNO3S/c1-2-3-9-21-16(14-8-5-10-25-14)15(18(23)19(21)24)17(22)12-6-4-7-13(20)11-12/h4-8,10-11,16,22H,2-3,9H2,1H3/b17-15-. The fourth-order valence-corrected chi connectivity index (χ4v) is 4.01. The Morgan fingerprint density at radius 3 is 2.72 bits per heavy atom. The van der Waals surface area contributed by atoms with E-state index in [9.17, 15) is 14.7 Å². The largest absolute Gasteiger partial charge is 0.507 e. The Bertz CT molecular complexity index is 829. The number of halogens is 1. The summed E-state index contributed by atoms with van der Waals surface area (Å²) in [6.07, 6.45) is 1.71. The summed E-state index contributed by atoms with van der Waals surface area (Å²) in [5, 5.41) is 13.1.